The molecule has 1 aliphatic rings. The summed E-state index contributed by atoms with van der Waals surface area (Å²) in [4.78, 5) is 4.07. The minimum absolute atomic E-state index is 0.276. The van der Waals surface area contributed by atoms with Gasteiger partial charge in [0, 0.05) is 29.7 Å². The van der Waals surface area contributed by atoms with Gasteiger partial charge in [-0.2, -0.15) is 0 Å². The predicted octanol–water partition coefficient (Wildman–Crippen LogP) is 3.90. The number of nitrogens with zero attached hydrogens (tertiary/aromatic N) is 1. The summed E-state index contributed by atoms with van der Waals surface area (Å²) in [5.74, 6) is 0. The number of aryl methyl sites for hydroxylation is 1. The molecule has 2 nitrogen and oxygen atoms in total. The molecule has 0 amide bonds. The van der Waals surface area contributed by atoms with Gasteiger partial charge in [-0.15, -0.1) is 11.3 Å². The fraction of sp³-hybridized carbons (Fsp3) is 0.444. The summed E-state index contributed by atoms with van der Waals surface area (Å²) >= 11 is 1.90. The van der Waals surface area contributed by atoms with Gasteiger partial charge in [-0.1, -0.05) is 19.1 Å². The maximum absolute atomic E-state index is 6.07. The Bertz CT molecular complexity index is 617. The average molecular weight is 300 g/mol. The van der Waals surface area contributed by atoms with E-state index in [0.29, 0.717) is 0 Å². The monoisotopic (exact) mass is 300 g/mol. The van der Waals surface area contributed by atoms with Crippen molar-refractivity contribution in [2.75, 3.05) is 11.4 Å². The third-order valence-corrected chi connectivity index (χ3v) is 5.45. The average Bonchev–Trinajstić information content (AvgIpc) is 2.94. The molecule has 2 aromatic rings. The molecule has 1 aromatic heterocycles. The zero-order valence-corrected chi connectivity index (χ0v) is 13.7. The fourth-order valence-electron chi connectivity index (χ4n) is 3.10. The molecule has 1 aliphatic heterocycles. The van der Waals surface area contributed by atoms with Crippen LogP contribution >= 0.6 is 11.3 Å². The Hall–Kier alpha value is -1.32. The van der Waals surface area contributed by atoms with Crippen molar-refractivity contribution >= 4 is 17.0 Å². The number of fused-ring (bicyclic) bond motifs is 1. The first kappa shape index (κ1) is 14.6. The first-order chi connectivity index (χ1) is 10.2. The van der Waals surface area contributed by atoms with Gasteiger partial charge in [0.15, 0.2) is 0 Å². The van der Waals surface area contributed by atoms with E-state index in [4.69, 9.17) is 5.73 Å². The number of thiophene rings is 1. The van der Waals surface area contributed by atoms with Crippen LogP contribution in [-0.2, 0) is 19.4 Å². The normalized spacial score (nSPS) is 15.9. The second-order valence-corrected chi connectivity index (χ2v) is 7.03. The van der Waals surface area contributed by atoms with Crippen molar-refractivity contribution < 1.29 is 0 Å². The summed E-state index contributed by atoms with van der Waals surface area (Å²) in [5.41, 5.74) is 11.7. The lowest BCUT2D eigenvalue weighted by molar-refractivity contribution is 0.646. The molecule has 0 fully saturated rings. The van der Waals surface area contributed by atoms with E-state index >= 15 is 0 Å². The highest BCUT2D eigenvalue weighted by molar-refractivity contribution is 7.10. The smallest absolute Gasteiger partial charge is 0.0440 e. The van der Waals surface area contributed by atoms with Crippen molar-refractivity contribution in [2.24, 2.45) is 5.73 Å². The molecule has 1 unspecified atom stereocenters. The van der Waals surface area contributed by atoms with Crippen LogP contribution < -0.4 is 10.6 Å². The van der Waals surface area contributed by atoms with Crippen LogP contribution in [0.4, 0.5) is 5.69 Å². The summed E-state index contributed by atoms with van der Waals surface area (Å²) in [5, 5.41) is 2.22. The van der Waals surface area contributed by atoms with Crippen molar-refractivity contribution in [1.82, 2.24) is 0 Å². The van der Waals surface area contributed by atoms with Crippen molar-refractivity contribution in [1.29, 1.82) is 0 Å². The molecule has 2 N–H and O–H groups in total. The van der Waals surface area contributed by atoms with Gasteiger partial charge in [0.05, 0.1) is 0 Å². The van der Waals surface area contributed by atoms with Crippen LogP contribution in [0, 0.1) is 6.92 Å². The Kier molecular flexibility index (Phi) is 4.32. The molecule has 3 rings (SSSR count). The predicted molar refractivity (Wildman–Crippen MR) is 92.2 cm³/mol. The van der Waals surface area contributed by atoms with Crippen molar-refractivity contribution in [3.05, 3.63) is 51.2 Å². The summed E-state index contributed by atoms with van der Waals surface area (Å²) in [6.45, 7) is 6.55. The van der Waals surface area contributed by atoms with Crippen molar-refractivity contribution in [3.63, 3.8) is 0 Å². The lowest BCUT2D eigenvalue weighted by Crippen LogP contribution is -2.30. The van der Waals surface area contributed by atoms with Crippen LogP contribution in [0.25, 0.3) is 0 Å². The number of anilines is 1. The SMILES string of the molecule is CCC(N)Cc1ccc(N2CCc3sccc3C2)c(C)c1. The standard InChI is InChI=1S/C18H24N2S/c1-3-16(19)11-14-4-5-17(13(2)10-14)20-8-6-18-15(12-20)7-9-21-18/h4-5,7,9-10,16H,3,6,8,11-12,19H2,1-2H3. The number of nitrogens with two attached hydrogens (primary N) is 1. The van der Waals surface area contributed by atoms with Crippen LogP contribution in [0.1, 0.15) is 34.9 Å². The Morgan fingerprint density at radius 2 is 2.19 bits per heavy atom. The Morgan fingerprint density at radius 3 is 2.95 bits per heavy atom. The van der Waals surface area contributed by atoms with Gasteiger partial charge in [0.1, 0.15) is 0 Å². The second-order valence-electron chi connectivity index (χ2n) is 6.03. The Balaban J connectivity index is 1.77. The summed E-state index contributed by atoms with van der Waals surface area (Å²) in [7, 11) is 0. The number of rotatable bonds is 4. The van der Waals surface area contributed by atoms with Crippen LogP contribution in [0.5, 0.6) is 0 Å². The van der Waals surface area contributed by atoms with Gasteiger partial charge in [-0.25, -0.2) is 0 Å². The van der Waals surface area contributed by atoms with Crippen molar-refractivity contribution in [3.8, 4) is 0 Å². The van der Waals surface area contributed by atoms with Crippen LogP contribution in [0.2, 0.25) is 0 Å². The molecule has 1 atom stereocenters. The molecule has 0 saturated carbocycles. The molecular formula is C18H24N2S. The quantitative estimate of drug-likeness (QED) is 0.928. The molecule has 0 bridgehead atoms. The largest absolute Gasteiger partial charge is 0.367 e. The van der Waals surface area contributed by atoms with E-state index in [1.54, 1.807) is 4.88 Å². The van der Waals surface area contributed by atoms with Crippen LogP contribution in [0.15, 0.2) is 29.6 Å². The molecule has 0 radical (unpaired) electrons. The van der Waals surface area contributed by atoms with Gasteiger partial charge in [-0.3, -0.25) is 0 Å². The number of benzene rings is 1. The molecule has 0 saturated heterocycles. The highest BCUT2D eigenvalue weighted by atomic mass is 32.1. The summed E-state index contributed by atoms with van der Waals surface area (Å²) < 4.78 is 0. The molecular weight excluding hydrogens is 276 g/mol. The molecule has 3 heteroatoms. The molecule has 0 spiro atoms. The van der Waals surface area contributed by atoms with Gasteiger partial charge >= 0.3 is 0 Å². The van der Waals surface area contributed by atoms with E-state index in [1.807, 2.05) is 11.3 Å². The maximum Gasteiger partial charge on any atom is 0.0440 e. The maximum atomic E-state index is 6.07. The lowest BCUT2D eigenvalue weighted by Gasteiger charge is -2.30. The highest BCUT2D eigenvalue weighted by Gasteiger charge is 2.18. The van der Waals surface area contributed by atoms with Crippen LogP contribution in [0.3, 0.4) is 0 Å². The van der Waals surface area contributed by atoms with Crippen molar-refractivity contribution in [2.45, 2.75) is 45.7 Å². The third kappa shape index (κ3) is 3.14. The first-order valence-corrected chi connectivity index (χ1v) is 8.70. The molecule has 0 aliphatic carbocycles. The zero-order valence-electron chi connectivity index (χ0n) is 12.9. The third-order valence-electron chi connectivity index (χ3n) is 4.43. The Labute approximate surface area is 131 Å². The van der Waals surface area contributed by atoms with E-state index in [9.17, 15) is 0 Å². The molecule has 1 aromatic carbocycles. The number of hydrogen-bond donors (Lipinski definition) is 1. The minimum Gasteiger partial charge on any atom is -0.367 e. The summed E-state index contributed by atoms with van der Waals surface area (Å²) in [6, 6.07) is 9.40. The highest BCUT2D eigenvalue weighted by Crippen LogP contribution is 2.30. The van der Waals surface area contributed by atoms with E-state index in [2.05, 4.69) is 48.4 Å². The van der Waals surface area contributed by atoms with E-state index in [-0.39, 0.29) is 6.04 Å². The molecule has 21 heavy (non-hydrogen) atoms. The van der Waals surface area contributed by atoms with Gasteiger partial charge in [-0.05, 0) is 60.4 Å². The van der Waals surface area contributed by atoms with Gasteiger partial charge < -0.3 is 10.6 Å². The van der Waals surface area contributed by atoms with Gasteiger partial charge in [0.2, 0.25) is 0 Å². The lowest BCUT2D eigenvalue weighted by atomic mass is 10.0. The Morgan fingerprint density at radius 1 is 1.33 bits per heavy atom. The molecule has 112 valence electrons. The first-order valence-electron chi connectivity index (χ1n) is 7.82. The van der Waals surface area contributed by atoms with Gasteiger partial charge in [0.25, 0.3) is 0 Å². The summed E-state index contributed by atoms with van der Waals surface area (Å²) in [6.07, 6.45) is 3.19. The zero-order chi connectivity index (χ0) is 14.8. The fourth-order valence-corrected chi connectivity index (χ4v) is 3.99. The topological polar surface area (TPSA) is 29.3 Å². The van der Waals surface area contributed by atoms with E-state index < -0.39 is 0 Å². The van der Waals surface area contributed by atoms with Crippen LogP contribution in [-0.4, -0.2) is 12.6 Å². The van der Waals surface area contributed by atoms with E-state index in [0.717, 1.165) is 25.9 Å². The number of hydrogen-bond acceptors (Lipinski definition) is 3. The molecule has 2 heterocycles. The second kappa shape index (κ2) is 6.20. The van der Waals surface area contributed by atoms with E-state index in [1.165, 1.54) is 28.8 Å². The minimum atomic E-state index is 0.276.